The summed E-state index contributed by atoms with van der Waals surface area (Å²) >= 11 is 3.15. The number of hydrogen-bond donors (Lipinski definition) is 5. The first-order valence-corrected chi connectivity index (χ1v) is 7.15. The van der Waals surface area contributed by atoms with Gasteiger partial charge in [-0.05, 0) is 0 Å². The highest BCUT2D eigenvalue weighted by Gasteiger charge is 2.36. The average molecular weight is 326 g/mol. The van der Waals surface area contributed by atoms with E-state index in [1.807, 2.05) is 0 Å². The molecule has 0 aliphatic heterocycles. The maximum atomic E-state index is 13.5. The predicted molar refractivity (Wildman–Crippen MR) is 57.1 cm³/mol. The Morgan fingerprint density at radius 1 is 0.833 bits per heavy atom. The molecule has 0 saturated carbocycles. The third-order valence-corrected chi connectivity index (χ3v) is 3.92. The van der Waals surface area contributed by atoms with E-state index in [1.54, 1.807) is 0 Å². The lowest BCUT2D eigenvalue weighted by Crippen LogP contribution is -2.13. The molecule has 0 aliphatic carbocycles. The summed E-state index contributed by atoms with van der Waals surface area (Å²) < 4.78 is 96.2. The molecule has 0 heterocycles. The predicted octanol–water partition coefficient (Wildman–Crippen LogP) is 2.22. The smallest absolute Gasteiger partial charge is 0.300 e. The van der Waals surface area contributed by atoms with E-state index in [1.165, 1.54) is 0 Å². The van der Waals surface area contributed by atoms with Crippen LogP contribution in [0.25, 0.3) is 0 Å². The van der Waals surface area contributed by atoms with Gasteiger partial charge in [0.25, 0.3) is 0 Å². The standard InChI is InChI=1S/C6H5F3O6S3/c7-1-4(16)2(8)6(18(13,14)15)3(9)5(1)17(10,11)12/h10-12,16H,(H,13,14,15). The zero-order valence-electron chi connectivity index (χ0n) is 8.00. The van der Waals surface area contributed by atoms with Gasteiger partial charge in [-0.15, -0.1) is 12.6 Å². The minimum atomic E-state index is -5.47. The molecule has 12 heteroatoms. The third-order valence-electron chi connectivity index (χ3n) is 1.75. The Kier molecular flexibility index (Phi) is 3.94. The summed E-state index contributed by atoms with van der Waals surface area (Å²) in [5.74, 6) is -6.42. The monoisotopic (exact) mass is 326 g/mol. The molecule has 1 aromatic carbocycles. The van der Waals surface area contributed by atoms with E-state index in [0.717, 1.165) is 0 Å². The summed E-state index contributed by atoms with van der Waals surface area (Å²) in [7, 11) is -10.5. The van der Waals surface area contributed by atoms with Crippen molar-refractivity contribution in [1.82, 2.24) is 0 Å². The van der Waals surface area contributed by atoms with E-state index in [-0.39, 0.29) is 0 Å². The first kappa shape index (κ1) is 15.6. The first-order valence-electron chi connectivity index (χ1n) is 3.76. The van der Waals surface area contributed by atoms with Crippen LogP contribution in [0.1, 0.15) is 0 Å². The van der Waals surface area contributed by atoms with Gasteiger partial charge in [-0.25, -0.2) is 13.2 Å². The fraction of sp³-hybridized carbons (Fsp3) is 0. The molecule has 0 aliphatic rings. The minimum Gasteiger partial charge on any atom is -0.304 e. The van der Waals surface area contributed by atoms with Gasteiger partial charge in [0.15, 0.2) is 22.3 Å². The Bertz CT molecular complexity index is 608. The van der Waals surface area contributed by atoms with Crippen LogP contribution in [0.2, 0.25) is 0 Å². The molecule has 0 unspecified atom stereocenters. The minimum absolute atomic E-state index is 1.41. The zero-order chi connectivity index (χ0) is 14.5. The van der Waals surface area contributed by atoms with Gasteiger partial charge in [-0.3, -0.25) is 4.55 Å². The molecule has 0 fully saturated rings. The van der Waals surface area contributed by atoms with Crippen LogP contribution in [-0.2, 0) is 10.1 Å². The second kappa shape index (κ2) is 4.56. The Hall–Kier alpha value is -0.500. The molecule has 6 nitrogen and oxygen atoms in total. The third kappa shape index (κ3) is 2.59. The van der Waals surface area contributed by atoms with Gasteiger partial charge >= 0.3 is 10.1 Å². The van der Waals surface area contributed by atoms with E-state index in [4.69, 9.17) is 18.2 Å². The van der Waals surface area contributed by atoms with Crippen molar-refractivity contribution in [2.75, 3.05) is 0 Å². The van der Waals surface area contributed by atoms with Crippen molar-refractivity contribution < 1.29 is 39.8 Å². The highest BCUT2D eigenvalue weighted by molar-refractivity contribution is 8.19. The van der Waals surface area contributed by atoms with Crippen molar-refractivity contribution in [3.63, 3.8) is 0 Å². The van der Waals surface area contributed by atoms with Gasteiger partial charge in [-0.2, -0.15) is 8.42 Å². The van der Waals surface area contributed by atoms with E-state index in [0.29, 0.717) is 0 Å². The summed E-state index contributed by atoms with van der Waals surface area (Å²) in [6.07, 6.45) is 0. The van der Waals surface area contributed by atoms with E-state index in [2.05, 4.69) is 12.6 Å². The molecule has 1 aromatic rings. The molecule has 0 spiro atoms. The Balaban J connectivity index is 3.96. The van der Waals surface area contributed by atoms with Crippen molar-refractivity contribution in [3.8, 4) is 0 Å². The van der Waals surface area contributed by atoms with Crippen molar-refractivity contribution in [1.29, 1.82) is 0 Å². The Labute approximate surface area is 106 Å². The van der Waals surface area contributed by atoms with Crippen LogP contribution in [-0.4, -0.2) is 26.6 Å². The molecule has 0 amide bonds. The van der Waals surface area contributed by atoms with E-state index < -0.39 is 53.1 Å². The second-order valence-electron chi connectivity index (χ2n) is 2.94. The normalized spacial score (nSPS) is 13.8. The van der Waals surface area contributed by atoms with Crippen molar-refractivity contribution in [3.05, 3.63) is 17.5 Å². The fourth-order valence-corrected chi connectivity index (χ4v) is 2.86. The lowest BCUT2D eigenvalue weighted by atomic mass is 10.3. The van der Waals surface area contributed by atoms with Gasteiger partial charge in [0.2, 0.25) is 0 Å². The Morgan fingerprint density at radius 3 is 1.56 bits per heavy atom. The summed E-state index contributed by atoms with van der Waals surface area (Å²) in [6.45, 7) is 0. The molecule has 0 atom stereocenters. The Morgan fingerprint density at radius 2 is 1.22 bits per heavy atom. The molecule has 4 N–H and O–H groups in total. The molecule has 0 radical (unpaired) electrons. The molecule has 0 aromatic heterocycles. The van der Waals surface area contributed by atoms with E-state index in [9.17, 15) is 21.6 Å². The lowest BCUT2D eigenvalue weighted by molar-refractivity contribution is 0.351. The number of thiol groups is 1. The fourth-order valence-electron chi connectivity index (χ4n) is 1.07. The largest absolute Gasteiger partial charge is 0.304 e. The van der Waals surface area contributed by atoms with E-state index >= 15 is 0 Å². The highest BCUT2D eigenvalue weighted by Crippen LogP contribution is 2.49. The average Bonchev–Trinajstić information content (AvgIpc) is 2.09. The second-order valence-corrected chi connectivity index (χ2v) is 6.19. The zero-order valence-corrected chi connectivity index (χ0v) is 10.5. The number of benzene rings is 1. The van der Waals surface area contributed by atoms with Gasteiger partial charge in [-0.1, -0.05) is 0 Å². The maximum absolute atomic E-state index is 13.5. The van der Waals surface area contributed by atoms with Crippen molar-refractivity contribution in [2.24, 2.45) is 0 Å². The van der Waals surface area contributed by atoms with Crippen LogP contribution >= 0.6 is 23.5 Å². The first-order chi connectivity index (χ1) is 7.89. The van der Waals surface area contributed by atoms with Crippen molar-refractivity contribution in [2.45, 2.75) is 14.7 Å². The number of rotatable bonds is 2. The van der Waals surface area contributed by atoms with Crippen LogP contribution in [0.5, 0.6) is 0 Å². The molecule has 18 heavy (non-hydrogen) atoms. The van der Waals surface area contributed by atoms with Gasteiger partial charge < -0.3 is 13.7 Å². The molecule has 0 saturated heterocycles. The summed E-state index contributed by atoms with van der Waals surface area (Å²) in [4.78, 5) is -5.35. The molecular weight excluding hydrogens is 321 g/mol. The summed E-state index contributed by atoms with van der Waals surface area (Å²) in [6, 6.07) is 0. The topological polar surface area (TPSA) is 115 Å². The van der Waals surface area contributed by atoms with Crippen LogP contribution in [0, 0.1) is 17.5 Å². The quantitative estimate of drug-likeness (QED) is 0.420. The number of halogens is 3. The molecular formula is C6H5F3O6S3. The van der Waals surface area contributed by atoms with Crippen LogP contribution in [0.4, 0.5) is 13.2 Å². The molecule has 0 bridgehead atoms. The van der Waals surface area contributed by atoms with Gasteiger partial charge in [0, 0.05) is 0 Å². The molecule has 104 valence electrons. The highest BCUT2D eigenvalue weighted by atomic mass is 32.3. The number of hydrogen-bond acceptors (Lipinski definition) is 6. The maximum Gasteiger partial charge on any atom is 0.300 e. The van der Waals surface area contributed by atoms with Crippen molar-refractivity contribution >= 4 is 33.6 Å². The lowest BCUT2D eigenvalue weighted by Gasteiger charge is -2.22. The molecule has 1 rings (SSSR count). The van der Waals surface area contributed by atoms with Crippen LogP contribution < -0.4 is 0 Å². The van der Waals surface area contributed by atoms with Crippen LogP contribution in [0.3, 0.4) is 0 Å². The van der Waals surface area contributed by atoms with Gasteiger partial charge in [0.05, 0.1) is 4.90 Å². The van der Waals surface area contributed by atoms with Gasteiger partial charge in [0.1, 0.15) is 15.8 Å². The summed E-state index contributed by atoms with van der Waals surface area (Å²) in [5.41, 5.74) is 0. The summed E-state index contributed by atoms with van der Waals surface area (Å²) in [5, 5.41) is 0. The van der Waals surface area contributed by atoms with Crippen LogP contribution in [0.15, 0.2) is 14.7 Å². The SMILES string of the molecule is O=S(=O)(O)c1c(F)c(S)c(F)c(S(O)(O)O)c1F.